The quantitative estimate of drug-likeness (QED) is 0.701. The standard InChI is InChI=1S/C14H9BrINO3/c15-9-3-1-8(2-4-9)13(18)17-12-6-5-10(16)7-11(12)14(19)20/h1-7H,(H,17,18)(H,19,20). The lowest BCUT2D eigenvalue weighted by Gasteiger charge is -2.09. The maximum absolute atomic E-state index is 12.1. The molecule has 0 heterocycles. The van der Waals surface area contributed by atoms with Crippen LogP contribution in [0.2, 0.25) is 0 Å². The number of hydrogen-bond acceptors (Lipinski definition) is 2. The number of rotatable bonds is 3. The molecule has 0 aliphatic carbocycles. The van der Waals surface area contributed by atoms with E-state index in [9.17, 15) is 9.59 Å². The van der Waals surface area contributed by atoms with Crippen molar-refractivity contribution in [1.29, 1.82) is 0 Å². The van der Waals surface area contributed by atoms with Crippen molar-refractivity contribution in [3.8, 4) is 0 Å². The van der Waals surface area contributed by atoms with Gasteiger partial charge in [0.2, 0.25) is 0 Å². The van der Waals surface area contributed by atoms with E-state index in [1.54, 1.807) is 36.4 Å². The molecule has 2 rings (SSSR count). The number of aromatic carboxylic acids is 1. The molecule has 102 valence electrons. The molecule has 0 bridgehead atoms. The number of halogens is 2. The van der Waals surface area contributed by atoms with E-state index in [0.717, 1.165) is 8.04 Å². The van der Waals surface area contributed by atoms with Gasteiger partial charge < -0.3 is 10.4 Å². The summed E-state index contributed by atoms with van der Waals surface area (Å²) in [6, 6.07) is 11.7. The molecule has 0 aliphatic heterocycles. The van der Waals surface area contributed by atoms with Gasteiger partial charge in [-0.3, -0.25) is 4.79 Å². The average Bonchev–Trinajstić information content (AvgIpc) is 2.41. The highest BCUT2D eigenvalue weighted by Crippen LogP contribution is 2.20. The van der Waals surface area contributed by atoms with Gasteiger partial charge in [-0.15, -0.1) is 0 Å². The van der Waals surface area contributed by atoms with Gasteiger partial charge in [-0.1, -0.05) is 15.9 Å². The number of carboxylic acids is 1. The van der Waals surface area contributed by atoms with Crippen LogP contribution < -0.4 is 5.32 Å². The predicted octanol–water partition coefficient (Wildman–Crippen LogP) is 4.00. The highest BCUT2D eigenvalue weighted by atomic mass is 127. The summed E-state index contributed by atoms with van der Waals surface area (Å²) < 4.78 is 1.66. The molecule has 0 spiro atoms. The average molecular weight is 446 g/mol. The van der Waals surface area contributed by atoms with Crippen molar-refractivity contribution in [2.75, 3.05) is 5.32 Å². The molecule has 0 atom stereocenters. The third kappa shape index (κ3) is 3.57. The number of anilines is 1. The Hall–Kier alpha value is -1.41. The molecule has 6 heteroatoms. The van der Waals surface area contributed by atoms with Crippen LogP contribution in [-0.4, -0.2) is 17.0 Å². The first-order valence-electron chi connectivity index (χ1n) is 5.57. The van der Waals surface area contributed by atoms with Crippen molar-refractivity contribution >= 4 is 56.1 Å². The highest BCUT2D eigenvalue weighted by Gasteiger charge is 2.14. The molecule has 2 aromatic rings. The largest absolute Gasteiger partial charge is 0.478 e. The van der Waals surface area contributed by atoms with Gasteiger partial charge in [0.15, 0.2) is 0 Å². The highest BCUT2D eigenvalue weighted by molar-refractivity contribution is 14.1. The van der Waals surface area contributed by atoms with Gasteiger partial charge in [0.25, 0.3) is 5.91 Å². The maximum Gasteiger partial charge on any atom is 0.337 e. The molecule has 4 nitrogen and oxygen atoms in total. The molecule has 20 heavy (non-hydrogen) atoms. The molecule has 0 aromatic heterocycles. The molecular formula is C14H9BrINO3. The van der Waals surface area contributed by atoms with E-state index in [2.05, 4.69) is 21.2 Å². The second-order valence-electron chi connectivity index (χ2n) is 3.96. The molecular weight excluding hydrogens is 437 g/mol. The molecule has 0 saturated heterocycles. The van der Waals surface area contributed by atoms with E-state index in [4.69, 9.17) is 5.11 Å². The summed E-state index contributed by atoms with van der Waals surface area (Å²) in [6.45, 7) is 0. The van der Waals surface area contributed by atoms with Gasteiger partial charge in [0.05, 0.1) is 11.3 Å². The third-order valence-corrected chi connectivity index (χ3v) is 3.77. The lowest BCUT2D eigenvalue weighted by molar-refractivity contribution is 0.0698. The number of nitrogens with one attached hydrogen (secondary N) is 1. The fourth-order valence-electron chi connectivity index (χ4n) is 1.60. The third-order valence-electron chi connectivity index (χ3n) is 2.57. The number of benzene rings is 2. The maximum atomic E-state index is 12.1. The second kappa shape index (κ2) is 6.36. The lowest BCUT2D eigenvalue weighted by atomic mass is 10.1. The zero-order valence-corrected chi connectivity index (χ0v) is 13.8. The first-order chi connectivity index (χ1) is 9.47. The van der Waals surface area contributed by atoms with Crippen molar-refractivity contribution < 1.29 is 14.7 Å². The number of carbonyl (C=O) groups excluding carboxylic acids is 1. The second-order valence-corrected chi connectivity index (χ2v) is 6.12. The van der Waals surface area contributed by atoms with Crippen LogP contribution in [0.3, 0.4) is 0 Å². The minimum absolute atomic E-state index is 0.0716. The first-order valence-corrected chi connectivity index (χ1v) is 7.44. The summed E-state index contributed by atoms with van der Waals surface area (Å²) in [5, 5.41) is 11.8. The first kappa shape index (κ1) is 15.0. The van der Waals surface area contributed by atoms with E-state index < -0.39 is 5.97 Å². The van der Waals surface area contributed by atoms with Crippen molar-refractivity contribution in [3.63, 3.8) is 0 Å². The van der Waals surface area contributed by atoms with Crippen LogP contribution in [0.15, 0.2) is 46.9 Å². The van der Waals surface area contributed by atoms with Crippen LogP contribution in [0.25, 0.3) is 0 Å². The van der Waals surface area contributed by atoms with Gasteiger partial charge >= 0.3 is 5.97 Å². The van der Waals surface area contributed by atoms with Crippen LogP contribution in [0.1, 0.15) is 20.7 Å². The minimum atomic E-state index is -1.07. The Balaban J connectivity index is 2.28. The molecule has 0 radical (unpaired) electrons. The Morgan fingerprint density at radius 2 is 1.75 bits per heavy atom. The fourth-order valence-corrected chi connectivity index (χ4v) is 2.35. The Bertz CT molecular complexity index is 671. The molecule has 0 aliphatic rings. The van der Waals surface area contributed by atoms with Gasteiger partial charge in [-0.05, 0) is 65.1 Å². The van der Waals surface area contributed by atoms with Crippen LogP contribution in [0.5, 0.6) is 0 Å². The van der Waals surface area contributed by atoms with Gasteiger partial charge in [-0.2, -0.15) is 0 Å². The van der Waals surface area contributed by atoms with E-state index >= 15 is 0 Å². The molecule has 0 saturated carbocycles. The molecule has 2 N–H and O–H groups in total. The Labute approximate surface area is 137 Å². The van der Waals surface area contributed by atoms with Crippen LogP contribution in [0.4, 0.5) is 5.69 Å². The fraction of sp³-hybridized carbons (Fsp3) is 0. The van der Waals surface area contributed by atoms with E-state index in [-0.39, 0.29) is 17.2 Å². The summed E-state index contributed by atoms with van der Waals surface area (Å²) >= 11 is 5.31. The summed E-state index contributed by atoms with van der Waals surface area (Å²) in [6.07, 6.45) is 0. The SMILES string of the molecule is O=C(Nc1ccc(I)cc1C(=O)O)c1ccc(Br)cc1. The smallest absolute Gasteiger partial charge is 0.337 e. The van der Waals surface area contributed by atoms with Crippen LogP contribution in [-0.2, 0) is 0 Å². The van der Waals surface area contributed by atoms with Crippen LogP contribution >= 0.6 is 38.5 Å². The minimum Gasteiger partial charge on any atom is -0.478 e. The van der Waals surface area contributed by atoms with Crippen molar-refractivity contribution in [1.82, 2.24) is 0 Å². The molecule has 0 unspecified atom stereocenters. The van der Waals surface area contributed by atoms with Crippen molar-refractivity contribution in [3.05, 3.63) is 61.6 Å². The Morgan fingerprint density at radius 1 is 1.10 bits per heavy atom. The van der Waals surface area contributed by atoms with Gasteiger partial charge in [0, 0.05) is 13.6 Å². The number of amides is 1. The van der Waals surface area contributed by atoms with Crippen molar-refractivity contribution in [2.24, 2.45) is 0 Å². The van der Waals surface area contributed by atoms with Crippen molar-refractivity contribution in [2.45, 2.75) is 0 Å². The van der Waals surface area contributed by atoms with E-state index in [1.807, 2.05) is 22.6 Å². The summed E-state index contributed by atoms with van der Waals surface area (Å²) in [7, 11) is 0. The molecule has 0 fully saturated rings. The van der Waals surface area contributed by atoms with E-state index in [1.165, 1.54) is 6.07 Å². The number of carbonyl (C=O) groups is 2. The topological polar surface area (TPSA) is 66.4 Å². The van der Waals surface area contributed by atoms with Gasteiger partial charge in [-0.25, -0.2) is 4.79 Å². The lowest BCUT2D eigenvalue weighted by Crippen LogP contribution is -2.14. The summed E-state index contributed by atoms with van der Waals surface area (Å²) in [4.78, 5) is 23.2. The molecule has 2 aromatic carbocycles. The monoisotopic (exact) mass is 445 g/mol. The zero-order chi connectivity index (χ0) is 14.7. The summed E-state index contributed by atoms with van der Waals surface area (Å²) in [5.74, 6) is -1.42. The van der Waals surface area contributed by atoms with Gasteiger partial charge in [0.1, 0.15) is 0 Å². The number of hydrogen-bond donors (Lipinski definition) is 2. The molecule has 1 amide bonds. The Kier molecular flexibility index (Phi) is 4.77. The summed E-state index contributed by atoms with van der Waals surface area (Å²) in [5.41, 5.74) is 0.816. The number of carboxylic acid groups (broad SMARTS) is 1. The van der Waals surface area contributed by atoms with E-state index in [0.29, 0.717) is 5.56 Å². The zero-order valence-electron chi connectivity index (χ0n) is 10.1. The Morgan fingerprint density at radius 3 is 2.35 bits per heavy atom. The normalized spacial score (nSPS) is 10.1. The predicted molar refractivity (Wildman–Crippen MR) is 88.2 cm³/mol. The van der Waals surface area contributed by atoms with Crippen LogP contribution in [0, 0.1) is 3.57 Å².